The molecule has 0 nitrogen and oxygen atoms in total. The Kier molecular flexibility index (Phi) is 7.71. The Morgan fingerprint density at radius 3 is 2.07 bits per heavy atom. The maximum Gasteiger partial charge on any atom is 0.00265 e. The smallest absolute Gasteiger partial charge is 0.00265 e. The fourth-order valence-corrected chi connectivity index (χ4v) is 0.927. The van der Waals surface area contributed by atoms with Crippen molar-refractivity contribution in [3.8, 4) is 0 Å². The molecule has 0 spiro atoms. The molecular formula is C13H20S2. The predicted molar refractivity (Wildman–Crippen MR) is 77.6 cm³/mol. The molecule has 84 valence electrons. The van der Waals surface area contributed by atoms with E-state index in [2.05, 4.69) is 65.1 Å². The van der Waals surface area contributed by atoms with Crippen LogP contribution in [0.1, 0.15) is 34.1 Å². The highest BCUT2D eigenvalue weighted by Gasteiger charge is 1.87. The van der Waals surface area contributed by atoms with Crippen LogP contribution in [-0.2, 0) is 0 Å². The van der Waals surface area contributed by atoms with Crippen molar-refractivity contribution in [1.29, 1.82) is 0 Å². The minimum atomic E-state index is 0.975. The molecule has 15 heavy (non-hydrogen) atoms. The van der Waals surface area contributed by atoms with Crippen molar-refractivity contribution < 1.29 is 0 Å². The van der Waals surface area contributed by atoms with Gasteiger partial charge in [0.15, 0.2) is 0 Å². The molecule has 0 N–H and O–H groups in total. The van der Waals surface area contributed by atoms with Crippen LogP contribution < -0.4 is 0 Å². The lowest BCUT2D eigenvalue weighted by atomic mass is 10.2. The standard InChI is InChI=1S/C13H20S2/c1-5-12(14)8-6-11(4)7-9-13(15)10(2)3/h6-9,14-15H,5H2,1-4H3/b9-7-,11-6-,12-8-. The monoisotopic (exact) mass is 240 g/mol. The summed E-state index contributed by atoms with van der Waals surface area (Å²) >= 11 is 8.68. The molecule has 0 unspecified atom stereocenters. The normalized spacial score (nSPS) is 13.5. The molecule has 0 aliphatic carbocycles. The van der Waals surface area contributed by atoms with Crippen molar-refractivity contribution in [2.75, 3.05) is 0 Å². The Balaban J connectivity index is 4.50. The molecule has 0 saturated heterocycles. The molecule has 0 bridgehead atoms. The second-order valence-corrected chi connectivity index (χ2v) is 4.70. The average molecular weight is 240 g/mol. The fourth-order valence-electron chi connectivity index (χ4n) is 0.778. The molecule has 0 aromatic heterocycles. The van der Waals surface area contributed by atoms with Crippen LogP contribution in [0.5, 0.6) is 0 Å². The average Bonchev–Trinajstić information content (AvgIpc) is 2.21. The zero-order chi connectivity index (χ0) is 11.8. The molecule has 0 aliphatic rings. The number of rotatable bonds is 4. The van der Waals surface area contributed by atoms with Gasteiger partial charge in [-0.15, -0.1) is 25.3 Å². The van der Waals surface area contributed by atoms with Gasteiger partial charge in [-0.05, 0) is 38.2 Å². The molecule has 0 saturated carbocycles. The maximum absolute atomic E-state index is 4.36. The van der Waals surface area contributed by atoms with E-state index in [1.54, 1.807) is 0 Å². The van der Waals surface area contributed by atoms with Crippen molar-refractivity contribution in [3.05, 3.63) is 45.3 Å². The molecule has 0 heterocycles. The maximum atomic E-state index is 4.36. The van der Waals surface area contributed by atoms with Crippen molar-refractivity contribution in [3.63, 3.8) is 0 Å². The highest BCUT2D eigenvalue weighted by Crippen LogP contribution is 2.11. The molecule has 0 rings (SSSR count). The second-order valence-electron chi connectivity index (χ2n) is 3.64. The van der Waals surface area contributed by atoms with Gasteiger partial charge in [-0.1, -0.05) is 36.3 Å². The molecule has 0 fully saturated rings. The summed E-state index contributed by atoms with van der Waals surface area (Å²) in [7, 11) is 0. The van der Waals surface area contributed by atoms with Crippen LogP contribution in [0.25, 0.3) is 0 Å². The lowest BCUT2D eigenvalue weighted by molar-refractivity contribution is 1.20. The molecule has 0 aromatic rings. The Hall–Kier alpha value is -0.340. The molecular weight excluding hydrogens is 220 g/mol. The number of hydrogen-bond acceptors (Lipinski definition) is 2. The zero-order valence-corrected chi connectivity index (χ0v) is 11.7. The molecule has 0 atom stereocenters. The first-order chi connectivity index (χ1) is 6.97. The summed E-state index contributed by atoms with van der Waals surface area (Å²) in [5, 5.41) is 0. The topological polar surface area (TPSA) is 0 Å². The summed E-state index contributed by atoms with van der Waals surface area (Å²) < 4.78 is 0. The third-order valence-electron chi connectivity index (χ3n) is 1.92. The van der Waals surface area contributed by atoms with Crippen LogP contribution >= 0.6 is 25.3 Å². The highest BCUT2D eigenvalue weighted by atomic mass is 32.1. The summed E-state index contributed by atoms with van der Waals surface area (Å²) in [6, 6.07) is 0. The zero-order valence-electron chi connectivity index (χ0n) is 9.91. The third-order valence-corrected chi connectivity index (χ3v) is 2.98. The van der Waals surface area contributed by atoms with Gasteiger partial charge in [0.1, 0.15) is 0 Å². The van der Waals surface area contributed by atoms with Gasteiger partial charge < -0.3 is 0 Å². The first-order valence-electron chi connectivity index (χ1n) is 5.08. The second kappa shape index (κ2) is 7.89. The van der Waals surface area contributed by atoms with E-state index in [-0.39, 0.29) is 0 Å². The van der Waals surface area contributed by atoms with Crippen molar-refractivity contribution in [1.82, 2.24) is 0 Å². The predicted octanol–water partition coefficient (Wildman–Crippen LogP) is 4.94. The van der Waals surface area contributed by atoms with E-state index in [4.69, 9.17) is 0 Å². The van der Waals surface area contributed by atoms with E-state index >= 15 is 0 Å². The quantitative estimate of drug-likeness (QED) is 0.505. The van der Waals surface area contributed by atoms with Gasteiger partial charge in [-0.3, -0.25) is 0 Å². The molecule has 2 heteroatoms. The Labute approximate surface area is 105 Å². The summed E-state index contributed by atoms with van der Waals surface area (Å²) in [5.41, 5.74) is 2.42. The number of hydrogen-bond donors (Lipinski definition) is 2. The van der Waals surface area contributed by atoms with Gasteiger partial charge in [0.2, 0.25) is 0 Å². The van der Waals surface area contributed by atoms with E-state index in [1.807, 2.05) is 12.2 Å². The highest BCUT2D eigenvalue weighted by molar-refractivity contribution is 7.84. The first-order valence-corrected chi connectivity index (χ1v) is 5.97. The van der Waals surface area contributed by atoms with Crippen LogP contribution in [0.3, 0.4) is 0 Å². The van der Waals surface area contributed by atoms with E-state index in [0.717, 1.165) is 16.2 Å². The Morgan fingerprint density at radius 2 is 1.60 bits per heavy atom. The SMILES string of the molecule is CC/C(S)=C/C=C(C)\C=C/C(S)=C(C)C. The van der Waals surface area contributed by atoms with E-state index in [1.165, 1.54) is 11.1 Å². The summed E-state index contributed by atoms with van der Waals surface area (Å²) in [5.74, 6) is 0. The fraction of sp³-hybridized carbons (Fsp3) is 0.385. The summed E-state index contributed by atoms with van der Waals surface area (Å²) in [6.45, 7) is 8.26. The molecule has 0 aromatic carbocycles. The minimum absolute atomic E-state index is 0.975. The first kappa shape index (κ1) is 14.7. The van der Waals surface area contributed by atoms with E-state index < -0.39 is 0 Å². The lowest BCUT2D eigenvalue weighted by Crippen LogP contribution is -1.72. The third kappa shape index (κ3) is 7.57. The van der Waals surface area contributed by atoms with Crippen molar-refractivity contribution >= 4 is 25.3 Å². The van der Waals surface area contributed by atoms with Gasteiger partial charge in [-0.2, -0.15) is 0 Å². The minimum Gasteiger partial charge on any atom is -0.148 e. The Morgan fingerprint density at radius 1 is 1.00 bits per heavy atom. The van der Waals surface area contributed by atoms with Crippen molar-refractivity contribution in [2.24, 2.45) is 0 Å². The van der Waals surface area contributed by atoms with Crippen LogP contribution in [0, 0.1) is 0 Å². The molecule has 0 aliphatic heterocycles. The largest absolute Gasteiger partial charge is 0.148 e. The van der Waals surface area contributed by atoms with Crippen molar-refractivity contribution in [2.45, 2.75) is 34.1 Å². The van der Waals surface area contributed by atoms with Crippen LogP contribution in [0.4, 0.5) is 0 Å². The van der Waals surface area contributed by atoms with Gasteiger partial charge >= 0.3 is 0 Å². The molecule has 0 radical (unpaired) electrons. The van der Waals surface area contributed by atoms with Gasteiger partial charge in [0.25, 0.3) is 0 Å². The van der Waals surface area contributed by atoms with Gasteiger partial charge in [0, 0.05) is 4.91 Å². The van der Waals surface area contributed by atoms with Gasteiger partial charge in [-0.25, -0.2) is 0 Å². The summed E-state index contributed by atoms with van der Waals surface area (Å²) in [6.07, 6.45) is 9.14. The number of allylic oxidation sites excluding steroid dienone is 7. The van der Waals surface area contributed by atoms with Gasteiger partial charge in [0.05, 0.1) is 0 Å². The summed E-state index contributed by atoms with van der Waals surface area (Å²) in [4.78, 5) is 2.12. The molecule has 0 amide bonds. The van der Waals surface area contributed by atoms with Crippen LogP contribution in [0.2, 0.25) is 0 Å². The number of thiol groups is 2. The Bertz CT molecular complexity index is 313. The van der Waals surface area contributed by atoms with E-state index in [0.29, 0.717) is 0 Å². The van der Waals surface area contributed by atoms with Crippen LogP contribution in [-0.4, -0.2) is 0 Å². The van der Waals surface area contributed by atoms with E-state index in [9.17, 15) is 0 Å². The van der Waals surface area contributed by atoms with Crippen LogP contribution in [0.15, 0.2) is 45.3 Å². The lowest BCUT2D eigenvalue weighted by Gasteiger charge is -1.95.